The molecule has 1 saturated carbocycles. The van der Waals surface area contributed by atoms with Gasteiger partial charge in [-0.25, -0.2) is 8.78 Å². The molecule has 17 heavy (non-hydrogen) atoms. The molecule has 4 heteroatoms. The van der Waals surface area contributed by atoms with Crippen LogP contribution in [0.1, 0.15) is 37.4 Å². The number of benzene rings is 1. The second kappa shape index (κ2) is 3.75. The third kappa shape index (κ3) is 2.13. The Balaban J connectivity index is 1.74. The van der Waals surface area contributed by atoms with Crippen LogP contribution in [0.25, 0.3) is 0 Å². The van der Waals surface area contributed by atoms with Crippen molar-refractivity contribution in [2.45, 2.75) is 43.3 Å². The van der Waals surface area contributed by atoms with Crippen LogP contribution in [0.4, 0.5) is 8.78 Å². The van der Waals surface area contributed by atoms with E-state index < -0.39 is 5.92 Å². The molecule has 1 aromatic rings. The summed E-state index contributed by atoms with van der Waals surface area (Å²) in [5.41, 5.74) is 0.784. The highest BCUT2D eigenvalue weighted by Crippen LogP contribution is 2.59. The van der Waals surface area contributed by atoms with Crippen LogP contribution >= 0.6 is 15.9 Å². The molecule has 1 aliphatic heterocycles. The number of hydrogen-bond donors (Lipinski definition) is 0. The average Bonchev–Trinajstić information content (AvgIpc) is 2.98. The fourth-order valence-corrected chi connectivity index (χ4v) is 3.08. The van der Waals surface area contributed by atoms with Crippen molar-refractivity contribution < 1.29 is 13.5 Å². The highest BCUT2D eigenvalue weighted by molar-refractivity contribution is 9.10. The van der Waals surface area contributed by atoms with E-state index >= 15 is 0 Å². The number of hydrogen-bond acceptors (Lipinski definition) is 1. The molecule has 0 radical (unpaired) electrons. The van der Waals surface area contributed by atoms with Crippen molar-refractivity contribution in [2.24, 2.45) is 0 Å². The van der Waals surface area contributed by atoms with Gasteiger partial charge >= 0.3 is 0 Å². The van der Waals surface area contributed by atoms with Gasteiger partial charge in [0, 0.05) is 17.3 Å². The lowest BCUT2D eigenvalue weighted by molar-refractivity contribution is -0.0508. The molecular weight excluding hydrogens is 290 g/mol. The van der Waals surface area contributed by atoms with Gasteiger partial charge in [0.15, 0.2) is 0 Å². The van der Waals surface area contributed by atoms with E-state index in [9.17, 15) is 8.78 Å². The van der Waals surface area contributed by atoms with E-state index in [1.165, 1.54) is 0 Å². The lowest BCUT2D eigenvalue weighted by atomic mass is 9.82. The fourth-order valence-electron chi connectivity index (χ4n) is 2.66. The summed E-state index contributed by atoms with van der Waals surface area (Å²) in [5.74, 6) is -2.49. The number of halogens is 3. The van der Waals surface area contributed by atoms with Gasteiger partial charge in [0.25, 0.3) is 0 Å². The molecule has 0 amide bonds. The molecule has 1 spiro atoms. The first-order valence-electron chi connectivity index (χ1n) is 5.82. The van der Waals surface area contributed by atoms with E-state index in [2.05, 4.69) is 15.9 Å². The zero-order valence-electron chi connectivity index (χ0n) is 9.26. The van der Waals surface area contributed by atoms with Crippen molar-refractivity contribution in [3.63, 3.8) is 0 Å². The predicted molar refractivity (Wildman–Crippen MR) is 64.1 cm³/mol. The average molecular weight is 303 g/mol. The van der Waals surface area contributed by atoms with Crippen LogP contribution in [0.3, 0.4) is 0 Å². The van der Waals surface area contributed by atoms with Crippen LogP contribution < -0.4 is 0 Å². The molecule has 1 saturated heterocycles. The van der Waals surface area contributed by atoms with Crippen LogP contribution in [0.15, 0.2) is 28.7 Å². The van der Waals surface area contributed by atoms with E-state index in [-0.39, 0.29) is 24.5 Å². The van der Waals surface area contributed by atoms with E-state index in [4.69, 9.17) is 4.74 Å². The van der Waals surface area contributed by atoms with Crippen LogP contribution in [0.5, 0.6) is 0 Å². The van der Waals surface area contributed by atoms with Crippen molar-refractivity contribution >= 4 is 15.9 Å². The van der Waals surface area contributed by atoms with Gasteiger partial charge in [-0.15, -0.1) is 0 Å². The van der Waals surface area contributed by atoms with Gasteiger partial charge in [-0.2, -0.15) is 0 Å². The summed E-state index contributed by atoms with van der Waals surface area (Å²) >= 11 is 3.41. The summed E-state index contributed by atoms with van der Waals surface area (Å²) in [4.78, 5) is 0. The third-order valence-electron chi connectivity index (χ3n) is 3.75. The first-order valence-corrected chi connectivity index (χ1v) is 6.61. The number of rotatable bonds is 1. The van der Waals surface area contributed by atoms with E-state index in [0.29, 0.717) is 12.8 Å². The summed E-state index contributed by atoms with van der Waals surface area (Å²) in [6.45, 7) is 0. The summed E-state index contributed by atoms with van der Waals surface area (Å²) in [5, 5.41) is 0. The Kier molecular flexibility index (Phi) is 2.56. The van der Waals surface area contributed by atoms with Crippen LogP contribution in [0.2, 0.25) is 0 Å². The largest absolute Gasteiger partial charge is 0.361 e. The summed E-state index contributed by atoms with van der Waals surface area (Å²) in [7, 11) is 0. The number of ether oxygens (including phenoxy) is 1. The Morgan fingerprint density at radius 1 is 1.18 bits per heavy atom. The first kappa shape index (κ1) is 11.6. The standard InChI is InChI=1S/C13H13BrF2O/c14-10-3-1-2-9(8-10)11-12(17-11)4-6-13(15,16)7-5-12/h1-3,8,11H,4-7H2. The Labute approximate surface area is 107 Å². The predicted octanol–water partition coefficient (Wildman–Crippen LogP) is 4.47. The van der Waals surface area contributed by atoms with Crippen LogP contribution in [-0.4, -0.2) is 11.5 Å². The van der Waals surface area contributed by atoms with Crippen molar-refractivity contribution in [1.29, 1.82) is 0 Å². The zero-order chi connectivity index (χ0) is 12.1. The highest BCUT2D eigenvalue weighted by Gasteiger charge is 2.60. The SMILES string of the molecule is FC1(F)CCC2(CC1)OC2c1cccc(Br)c1. The second-order valence-electron chi connectivity index (χ2n) is 4.97. The second-order valence-corrected chi connectivity index (χ2v) is 5.89. The minimum atomic E-state index is -2.49. The quantitative estimate of drug-likeness (QED) is 0.697. The van der Waals surface area contributed by atoms with Crippen molar-refractivity contribution in [3.8, 4) is 0 Å². The van der Waals surface area contributed by atoms with Gasteiger partial charge in [0.1, 0.15) is 6.10 Å². The number of epoxide rings is 1. The molecular formula is C13H13BrF2O. The molecule has 1 nitrogen and oxygen atoms in total. The molecule has 0 bridgehead atoms. The molecule has 92 valence electrons. The Bertz CT molecular complexity index is 437. The fraction of sp³-hybridized carbons (Fsp3) is 0.538. The molecule has 2 fully saturated rings. The Morgan fingerprint density at radius 2 is 1.88 bits per heavy atom. The molecule has 0 N–H and O–H groups in total. The lowest BCUT2D eigenvalue weighted by Gasteiger charge is -2.26. The maximum Gasteiger partial charge on any atom is 0.248 e. The maximum atomic E-state index is 13.1. The molecule has 1 aliphatic carbocycles. The molecule has 1 heterocycles. The molecule has 0 aromatic heterocycles. The first-order chi connectivity index (χ1) is 8.01. The van der Waals surface area contributed by atoms with E-state index in [1.807, 2.05) is 24.3 Å². The van der Waals surface area contributed by atoms with Crippen molar-refractivity contribution in [3.05, 3.63) is 34.3 Å². The topological polar surface area (TPSA) is 12.5 Å². The molecule has 1 unspecified atom stereocenters. The third-order valence-corrected chi connectivity index (χ3v) is 4.25. The van der Waals surface area contributed by atoms with Crippen molar-refractivity contribution in [1.82, 2.24) is 0 Å². The summed E-state index contributed by atoms with van der Waals surface area (Å²) in [6, 6.07) is 7.91. The smallest absolute Gasteiger partial charge is 0.248 e. The van der Waals surface area contributed by atoms with Crippen molar-refractivity contribution in [2.75, 3.05) is 0 Å². The molecule has 2 aliphatic rings. The van der Waals surface area contributed by atoms with Crippen LogP contribution in [-0.2, 0) is 4.74 Å². The van der Waals surface area contributed by atoms with E-state index in [1.54, 1.807) is 0 Å². The lowest BCUT2D eigenvalue weighted by Crippen LogP contribution is -2.29. The molecule has 1 aromatic carbocycles. The minimum absolute atomic E-state index is 0.0103. The zero-order valence-corrected chi connectivity index (χ0v) is 10.8. The Morgan fingerprint density at radius 3 is 2.53 bits per heavy atom. The Hall–Kier alpha value is -0.480. The highest BCUT2D eigenvalue weighted by atomic mass is 79.9. The normalized spacial score (nSPS) is 29.2. The minimum Gasteiger partial charge on any atom is -0.361 e. The van der Waals surface area contributed by atoms with Gasteiger partial charge in [0.05, 0.1) is 5.60 Å². The van der Waals surface area contributed by atoms with Gasteiger partial charge < -0.3 is 4.74 Å². The van der Waals surface area contributed by atoms with Crippen LogP contribution in [0, 0.1) is 0 Å². The molecule has 1 atom stereocenters. The summed E-state index contributed by atoms with van der Waals surface area (Å²) < 4.78 is 32.9. The van der Waals surface area contributed by atoms with E-state index in [0.717, 1.165) is 10.0 Å². The van der Waals surface area contributed by atoms with Gasteiger partial charge in [0.2, 0.25) is 5.92 Å². The monoisotopic (exact) mass is 302 g/mol. The molecule has 3 rings (SSSR count). The number of alkyl halides is 2. The van der Waals surface area contributed by atoms with Gasteiger partial charge in [-0.3, -0.25) is 0 Å². The summed E-state index contributed by atoms with van der Waals surface area (Å²) in [6.07, 6.45) is 0.861. The van der Waals surface area contributed by atoms with Gasteiger partial charge in [-0.05, 0) is 30.5 Å². The van der Waals surface area contributed by atoms with Gasteiger partial charge in [-0.1, -0.05) is 28.1 Å². The maximum absolute atomic E-state index is 13.1.